The lowest BCUT2D eigenvalue weighted by atomic mass is 10.1. The number of hydrogen-bond acceptors (Lipinski definition) is 2. The van der Waals surface area contributed by atoms with Gasteiger partial charge in [-0.15, -0.1) is 0 Å². The average molecular weight is 213 g/mol. The number of para-hydroxylation sites is 1. The third-order valence-corrected chi connectivity index (χ3v) is 2.28. The Hall–Kier alpha value is -2.16. The molecule has 1 aromatic heterocycles. The predicted octanol–water partition coefficient (Wildman–Crippen LogP) is 2.64. The number of carboxylic acids is 1. The zero-order valence-corrected chi connectivity index (χ0v) is 8.84. The van der Waals surface area contributed by atoms with Gasteiger partial charge in [-0.3, -0.25) is 4.98 Å². The maximum absolute atomic E-state index is 10.5. The van der Waals surface area contributed by atoms with Crippen LogP contribution in [0.2, 0.25) is 0 Å². The number of benzene rings is 1. The van der Waals surface area contributed by atoms with Crippen molar-refractivity contribution in [1.29, 1.82) is 0 Å². The number of pyridine rings is 1. The smallest absolute Gasteiger partial charge is 0.328 e. The van der Waals surface area contributed by atoms with Crippen LogP contribution in [0.3, 0.4) is 0 Å². The summed E-state index contributed by atoms with van der Waals surface area (Å²) in [5.41, 5.74) is 2.64. The minimum absolute atomic E-state index is 0.878. The molecule has 1 N–H and O–H groups in total. The molecule has 0 aliphatic carbocycles. The molecule has 2 aromatic rings. The van der Waals surface area contributed by atoms with E-state index in [-0.39, 0.29) is 0 Å². The van der Waals surface area contributed by atoms with E-state index in [2.05, 4.69) is 4.98 Å². The van der Waals surface area contributed by atoms with Crippen LogP contribution < -0.4 is 0 Å². The van der Waals surface area contributed by atoms with Crippen molar-refractivity contribution < 1.29 is 9.90 Å². The highest BCUT2D eigenvalue weighted by atomic mass is 16.4. The maximum atomic E-state index is 10.5. The van der Waals surface area contributed by atoms with E-state index >= 15 is 0 Å². The summed E-state index contributed by atoms with van der Waals surface area (Å²) in [5, 5.41) is 9.58. The SMILES string of the molecule is Cc1cc(/C=C/C(=O)O)c2ccccc2n1. The lowest BCUT2D eigenvalue weighted by Crippen LogP contribution is -1.89. The highest BCUT2D eigenvalue weighted by Gasteiger charge is 2.00. The van der Waals surface area contributed by atoms with Crippen LogP contribution in [-0.2, 0) is 4.79 Å². The van der Waals surface area contributed by atoms with E-state index in [0.29, 0.717) is 0 Å². The second kappa shape index (κ2) is 4.14. The van der Waals surface area contributed by atoms with Crippen LogP contribution in [0, 0.1) is 6.92 Å². The summed E-state index contributed by atoms with van der Waals surface area (Å²) in [4.78, 5) is 14.9. The van der Waals surface area contributed by atoms with Crippen molar-refractivity contribution in [3.05, 3.63) is 47.7 Å². The van der Waals surface area contributed by atoms with Crippen LogP contribution in [0.25, 0.3) is 17.0 Å². The van der Waals surface area contributed by atoms with E-state index in [1.807, 2.05) is 37.3 Å². The Morgan fingerprint density at radius 3 is 2.88 bits per heavy atom. The van der Waals surface area contributed by atoms with Crippen molar-refractivity contribution in [3.63, 3.8) is 0 Å². The summed E-state index contributed by atoms with van der Waals surface area (Å²) in [5.74, 6) is -0.946. The largest absolute Gasteiger partial charge is 0.478 e. The second-order valence-corrected chi connectivity index (χ2v) is 3.54. The third kappa shape index (κ3) is 2.08. The van der Waals surface area contributed by atoms with Crippen molar-refractivity contribution in [3.8, 4) is 0 Å². The van der Waals surface area contributed by atoms with Crippen molar-refractivity contribution in [2.45, 2.75) is 6.92 Å². The fourth-order valence-corrected chi connectivity index (χ4v) is 1.64. The molecule has 2 rings (SSSR count). The normalized spacial score (nSPS) is 11.1. The molecule has 0 saturated heterocycles. The van der Waals surface area contributed by atoms with Gasteiger partial charge in [-0.25, -0.2) is 4.79 Å². The van der Waals surface area contributed by atoms with Gasteiger partial charge in [-0.2, -0.15) is 0 Å². The fourth-order valence-electron chi connectivity index (χ4n) is 1.64. The summed E-state index contributed by atoms with van der Waals surface area (Å²) in [6, 6.07) is 9.56. The van der Waals surface area contributed by atoms with Gasteiger partial charge in [0.25, 0.3) is 0 Å². The first-order valence-electron chi connectivity index (χ1n) is 4.94. The van der Waals surface area contributed by atoms with Crippen molar-refractivity contribution in [2.75, 3.05) is 0 Å². The number of aromatic nitrogens is 1. The number of carboxylic acid groups (broad SMARTS) is 1. The van der Waals surface area contributed by atoms with Crippen LogP contribution in [0.1, 0.15) is 11.3 Å². The highest BCUT2D eigenvalue weighted by molar-refractivity contribution is 5.92. The molecule has 0 spiro atoms. The molecule has 0 bridgehead atoms. The first-order valence-corrected chi connectivity index (χ1v) is 4.94. The van der Waals surface area contributed by atoms with Gasteiger partial charge < -0.3 is 5.11 Å². The molecule has 0 amide bonds. The molecular weight excluding hydrogens is 202 g/mol. The van der Waals surface area contributed by atoms with Crippen LogP contribution in [-0.4, -0.2) is 16.1 Å². The number of rotatable bonds is 2. The van der Waals surface area contributed by atoms with Gasteiger partial charge in [0, 0.05) is 17.2 Å². The molecule has 1 heterocycles. The van der Waals surface area contributed by atoms with Crippen molar-refractivity contribution in [1.82, 2.24) is 4.98 Å². The molecule has 3 nitrogen and oxygen atoms in total. The number of hydrogen-bond donors (Lipinski definition) is 1. The van der Waals surface area contributed by atoms with Crippen LogP contribution in [0.15, 0.2) is 36.4 Å². The Morgan fingerprint density at radius 2 is 2.12 bits per heavy atom. The molecule has 0 radical (unpaired) electrons. The zero-order valence-electron chi connectivity index (χ0n) is 8.84. The van der Waals surface area contributed by atoms with Gasteiger partial charge in [0.1, 0.15) is 0 Å². The molecule has 0 saturated carbocycles. The lowest BCUT2D eigenvalue weighted by Gasteiger charge is -2.03. The Bertz CT molecular complexity index is 573. The number of aliphatic carboxylic acids is 1. The standard InChI is InChI=1S/C13H11NO2/c1-9-8-10(6-7-13(15)16)11-4-2-3-5-12(11)14-9/h2-8H,1H3,(H,15,16)/b7-6+. The molecule has 16 heavy (non-hydrogen) atoms. The maximum Gasteiger partial charge on any atom is 0.328 e. The lowest BCUT2D eigenvalue weighted by molar-refractivity contribution is -0.131. The van der Waals surface area contributed by atoms with Gasteiger partial charge in [0.05, 0.1) is 5.52 Å². The molecule has 3 heteroatoms. The van der Waals surface area contributed by atoms with E-state index < -0.39 is 5.97 Å². The third-order valence-electron chi connectivity index (χ3n) is 2.28. The molecule has 0 atom stereocenters. The zero-order chi connectivity index (χ0) is 11.5. The summed E-state index contributed by atoms with van der Waals surface area (Å²) >= 11 is 0. The van der Waals surface area contributed by atoms with Crippen molar-refractivity contribution in [2.24, 2.45) is 0 Å². The summed E-state index contributed by atoms with van der Waals surface area (Å²) in [6.07, 6.45) is 2.74. The van der Waals surface area contributed by atoms with Gasteiger partial charge in [-0.05, 0) is 30.7 Å². The van der Waals surface area contributed by atoms with E-state index in [9.17, 15) is 4.79 Å². The number of carbonyl (C=O) groups is 1. The van der Waals surface area contributed by atoms with Gasteiger partial charge in [-0.1, -0.05) is 18.2 Å². The van der Waals surface area contributed by atoms with E-state index in [4.69, 9.17) is 5.11 Å². The average Bonchev–Trinajstić information content (AvgIpc) is 2.25. The van der Waals surface area contributed by atoms with Crippen LogP contribution in [0.4, 0.5) is 0 Å². The minimum Gasteiger partial charge on any atom is -0.478 e. The van der Waals surface area contributed by atoms with Gasteiger partial charge in [0.15, 0.2) is 0 Å². The van der Waals surface area contributed by atoms with Crippen LogP contribution >= 0.6 is 0 Å². The molecule has 0 unspecified atom stereocenters. The molecule has 0 aliphatic rings. The Labute approximate surface area is 93.1 Å². The summed E-state index contributed by atoms with van der Waals surface area (Å²) in [7, 11) is 0. The molecular formula is C13H11NO2. The quantitative estimate of drug-likeness (QED) is 0.780. The molecule has 0 fully saturated rings. The van der Waals surface area contributed by atoms with Gasteiger partial charge >= 0.3 is 5.97 Å². The van der Waals surface area contributed by atoms with Crippen LogP contribution in [0.5, 0.6) is 0 Å². The Balaban J connectivity index is 2.63. The van der Waals surface area contributed by atoms with E-state index in [1.165, 1.54) is 0 Å². The summed E-state index contributed by atoms with van der Waals surface area (Å²) in [6.45, 7) is 1.89. The first-order chi connectivity index (χ1) is 7.66. The number of aryl methyl sites for hydroxylation is 1. The Kier molecular flexibility index (Phi) is 2.68. The molecule has 1 aromatic carbocycles. The monoisotopic (exact) mass is 213 g/mol. The number of nitrogens with zero attached hydrogens (tertiary/aromatic N) is 1. The first kappa shape index (κ1) is 10.4. The predicted molar refractivity (Wildman–Crippen MR) is 63.1 cm³/mol. The van der Waals surface area contributed by atoms with Crippen molar-refractivity contribution >= 4 is 22.9 Å². The van der Waals surface area contributed by atoms with E-state index in [0.717, 1.165) is 28.2 Å². The van der Waals surface area contributed by atoms with E-state index in [1.54, 1.807) is 6.08 Å². The summed E-state index contributed by atoms with van der Waals surface area (Å²) < 4.78 is 0. The fraction of sp³-hybridized carbons (Fsp3) is 0.0769. The van der Waals surface area contributed by atoms with Gasteiger partial charge in [0.2, 0.25) is 0 Å². The Morgan fingerprint density at radius 1 is 1.38 bits per heavy atom. The topological polar surface area (TPSA) is 50.2 Å². The minimum atomic E-state index is -0.946. The highest BCUT2D eigenvalue weighted by Crippen LogP contribution is 2.19. The molecule has 0 aliphatic heterocycles. The number of fused-ring (bicyclic) bond motifs is 1. The second-order valence-electron chi connectivity index (χ2n) is 3.54. The molecule has 80 valence electrons.